The summed E-state index contributed by atoms with van der Waals surface area (Å²) in [6.07, 6.45) is 55.4. The molecule has 0 amide bonds. The third kappa shape index (κ3) is 40.0. The predicted octanol–water partition coefficient (Wildman–Crippen LogP) is 14.5. The van der Waals surface area contributed by atoms with Crippen molar-refractivity contribution in [2.45, 2.75) is 213 Å². The second-order valence-corrected chi connectivity index (χ2v) is 13.8. The Morgan fingerprint density at radius 1 is 0.490 bits per heavy atom. The average Bonchev–Trinajstić information content (AvgIpc) is 3.09. The highest BCUT2D eigenvalue weighted by atomic mass is 16.5. The summed E-state index contributed by atoms with van der Waals surface area (Å²) in [5.41, 5.74) is 0. The number of unbranched alkanes of at least 4 members (excludes halogenated alkanes) is 20. The Bertz CT molecular complexity index is 865. The van der Waals surface area contributed by atoms with Crippen molar-refractivity contribution in [3.8, 4) is 0 Å². The number of allylic oxidation sites excluding steroid dienone is 9. The maximum Gasteiger partial charge on any atom is 0.306 e. The van der Waals surface area contributed by atoms with Crippen molar-refractivity contribution < 1.29 is 19.4 Å². The molecule has 4 nitrogen and oxygen atoms in total. The van der Waals surface area contributed by atoms with Crippen LogP contribution in [-0.2, 0) is 14.3 Å². The molecule has 0 aromatic rings. The smallest absolute Gasteiger partial charge is 0.306 e. The zero-order chi connectivity index (χ0) is 35.7. The van der Waals surface area contributed by atoms with Gasteiger partial charge < -0.3 is 9.84 Å². The zero-order valence-corrected chi connectivity index (χ0v) is 32.2. The quantitative estimate of drug-likeness (QED) is 0.0402. The fraction of sp³-hybridized carbons (Fsp3) is 0.733. The first-order chi connectivity index (χ1) is 24.1. The molecule has 0 saturated carbocycles. The van der Waals surface area contributed by atoms with Gasteiger partial charge in [0.05, 0.1) is 0 Å². The second kappa shape index (κ2) is 40.1. The molecule has 0 aliphatic heterocycles. The molecule has 4 heteroatoms. The highest BCUT2D eigenvalue weighted by Crippen LogP contribution is 2.16. The van der Waals surface area contributed by atoms with Crippen molar-refractivity contribution in [2.24, 2.45) is 0 Å². The average molecular weight is 683 g/mol. The summed E-state index contributed by atoms with van der Waals surface area (Å²) in [6, 6.07) is 0. The molecule has 0 spiro atoms. The standard InChI is InChI=1S/C45H78O4/c1-3-5-7-9-11-13-14-15-16-17-18-19-20-21-22-23-24-26-28-34-38-42-45(48)49-43(39-35-31-27-25-12-10-8-6-4-2)40-36-32-29-30-33-37-41-44(46)47/h5,7,11,13,15-16,18-19,35,39,43H,3-4,6,8-10,12,14,17,20-34,36-38,40-42H2,1-2H3,(H,46,47)/b7-5-,13-11-,16-15-,19-18-,39-35-. The van der Waals surface area contributed by atoms with E-state index in [2.05, 4.69) is 74.6 Å². The minimum absolute atomic E-state index is 0.0462. The van der Waals surface area contributed by atoms with Gasteiger partial charge in [-0.25, -0.2) is 0 Å². The summed E-state index contributed by atoms with van der Waals surface area (Å²) in [5.74, 6) is -0.747. The lowest BCUT2D eigenvalue weighted by Gasteiger charge is -2.15. The number of rotatable bonds is 37. The summed E-state index contributed by atoms with van der Waals surface area (Å²) < 4.78 is 5.93. The molecule has 1 atom stereocenters. The lowest BCUT2D eigenvalue weighted by molar-refractivity contribution is -0.147. The Balaban J connectivity index is 4.01. The molecule has 0 bridgehead atoms. The fourth-order valence-electron chi connectivity index (χ4n) is 5.91. The fourth-order valence-corrected chi connectivity index (χ4v) is 5.91. The van der Waals surface area contributed by atoms with Gasteiger partial charge in [-0.05, 0) is 83.1 Å². The van der Waals surface area contributed by atoms with E-state index in [-0.39, 0.29) is 18.5 Å². The van der Waals surface area contributed by atoms with Gasteiger partial charge >= 0.3 is 11.9 Å². The molecule has 0 radical (unpaired) electrons. The molecule has 0 saturated heterocycles. The normalized spacial score (nSPS) is 12.9. The van der Waals surface area contributed by atoms with Crippen LogP contribution in [0.5, 0.6) is 0 Å². The maximum absolute atomic E-state index is 12.7. The van der Waals surface area contributed by atoms with E-state index in [9.17, 15) is 9.59 Å². The van der Waals surface area contributed by atoms with Crippen molar-refractivity contribution in [2.75, 3.05) is 0 Å². The van der Waals surface area contributed by atoms with Gasteiger partial charge in [0.1, 0.15) is 6.10 Å². The van der Waals surface area contributed by atoms with Crippen LogP contribution in [0.3, 0.4) is 0 Å². The van der Waals surface area contributed by atoms with E-state index in [0.29, 0.717) is 6.42 Å². The van der Waals surface area contributed by atoms with Crippen LogP contribution < -0.4 is 0 Å². The Kier molecular flexibility index (Phi) is 38.1. The molecule has 0 fully saturated rings. The molecule has 0 aliphatic rings. The van der Waals surface area contributed by atoms with Crippen LogP contribution in [-0.4, -0.2) is 23.1 Å². The van der Waals surface area contributed by atoms with Crippen molar-refractivity contribution in [1.82, 2.24) is 0 Å². The second-order valence-electron chi connectivity index (χ2n) is 13.8. The van der Waals surface area contributed by atoms with Crippen molar-refractivity contribution in [3.63, 3.8) is 0 Å². The molecule has 0 aromatic carbocycles. The number of carbonyl (C=O) groups is 2. The molecule has 0 aromatic heterocycles. The molecule has 49 heavy (non-hydrogen) atoms. The number of carboxylic acid groups (broad SMARTS) is 1. The van der Waals surface area contributed by atoms with Gasteiger partial charge in [0, 0.05) is 12.8 Å². The number of esters is 1. The molecular weight excluding hydrogens is 604 g/mol. The van der Waals surface area contributed by atoms with Crippen molar-refractivity contribution in [1.29, 1.82) is 0 Å². The lowest BCUT2D eigenvalue weighted by atomic mass is 10.0. The minimum Gasteiger partial charge on any atom is -0.481 e. The van der Waals surface area contributed by atoms with Crippen molar-refractivity contribution >= 4 is 11.9 Å². The number of aliphatic carboxylic acids is 1. The Morgan fingerprint density at radius 2 is 0.918 bits per heavy atom. The first-order valence-corrected chi connectivity index (χ1v) is 20.8. The van der Waals surface area contributed by atoms with Gasteiger partial charge in [0.15, 0.2) is 0 Å². The molecule has 1 unspecified atom stereocenters. The topological polar surface area (TPSA) is 63.6 Å². The van der Waals surface area contributed by atoms with E-state index in [1.54, 1.807) is 0 Å². The van der Waals surface area contributed by atoms with Gasteiger partial charge in [-0.3, -0.25) is 9.59 Å². The monoisotopic (exact) mass is 683 g/mol. The molecule has 0 heterocycles. The van der Waals surface area contributed by atoms with Gasteiger partial charge in [-0.1, -0.05) is 171 Å². The van der Waals surface area contributed by atoms with E-state index in [1.807, 2.05) is 0 Å². The molecule has 282 valence electrons. The first kappa shape index (κ1) is 46.6. The third-order valence-corrected chi connectivity index (χ3v) is 8.96. The number of hydrogen-bond donors (Lipinski definition) is 1. The summed E-state index contributed by atoms with van der Waals surface area (Å²) in [5, 5.41) is 8.79. The maximum atomic E-state index is 12.7. The van der Waals surface area contributed by atoms with Crippen LogP contribution in [0.25, 0.3) is 0 Å². The number of hydrogen-bond acceptors (Lipinski definition) is 3. The van der Waals surface area contributed by atoms with Gasteiger partial charge in [-0.2, -0.15) is 0 Å². The Labute approximate surface area is 304 Å². The van der Waals surface area contributed by atoms with Crippen LogP contribution in [0.1, 0.15) is 206 Å². The highest BCUT2D eigenvalue weighted by Gasteiger charge is 2.11. The summed E-state index contributed by atoms with van der Waals surface area (Å²) in [4.78, 5) is 23.3. The number of ether oxygens (including phenoxy) is 1. The summed E-state index contributed by atoms with van der Waals surface area (Å²) >= 11 is 0. The molecule has 0 rings (SSSR count). The first-order valence-electron chi connectivity index (χ1n) is 20.8. The largest absolute Gasteiger partial charge is 0.481 e. The van der Waals surface area contributed by atoms with E-state index in [1.165, 1.54) is 89.9 Å². The van der Waals surface area contributed by atoms with Crippen LogP contribution in [0.4, 0.5) is 0 Å². The number of carbonyl (C=O) groups excluding carboxylic acids is 1. The SMILES string of the molecule is CC/C=C\C/C=C\C/C=C\C/C=C\CCCCCCCCCCC(=O)OC(/C=C\CCCCCCCCC)CCCCCCCCC(=O)O. The Hall–Kier alpha value is -2.36. The van der Waals surface area contributed by atoms with Crippen LogP contribution in [0.15, 0.2) is 60.8 Å². The van der Waals surface area contributed by atoms with Gasteiger partial charge in [0.25, 0.3) is 0 Å². The van der Waals surface area contributed by atoms with E-state index < -0.39 is 5.97 Å². The van der Waals surface area contributed by atoms with Crippen LogP contribution in [0, 0.1) is 0 Å². The van der Waals surface area contributed by atoms with Gasteiger partial charge in [0.2, 0.25) is 0 Å². The molecule has 1 N–H and O–H groups in total. The molecule has 0 aliphatic carbocycles. The number of carboxylic acids is 1. The third-order valence-electron chi connectivity index (χ3n) is 8.96. The van der Waals surface area contributed by atoms with E-state index in [0.717, 1.165) is 89.9 Å². The summed E-state index contributed by atoms with van der Waals surface area (Å²) in [7, 11) is 0. The van der Waals surface area contributed by atoms with Gasteiger partial charge in [-0.15, -0.1) is 0 Å². The molecular formula is C45H78O4. The van der Waals surface area contributed by atoms with Crippen LogP contribution >= 0.6 is 0 Å². The van der Waals surface area contributed by atoms with E-state index >= 15 is 0 Å². The highest BCUT2D eigenvalue weighted by molar-refractivity contribution is 5.69. The minimum atomic E-state index is -0.701. The van der Waals surface area contributed by atoms with E-state index in [4.69, 9.17) is 9.84 Å². The zero-order valence-electron chi connectivity index (χ0n) is 32.2. The van der Waals surface area contributed by atoms with Crippen LogP contribution in [0.2, 0.25) is 0 Å². The lowest BCUT2D eigenvalue weighted by Crippen LogP contribution is -2.16. The summed E-state index contributed by atoms with van der Waals surface area (Å²) in [6.45, 7) is 4.42. The predicted molar refractivity (Wildman–Crippen MR) is 213 cm³/mol. The Morgan fingerprint density at radius 3 is 1.45 bits per heavy atom. The van der Waals surface area contributed by atoms with Crippen molar-refractivity contribution in [3.05, 3.63) is 60.8 Å².